The number of rotatable bonds is 2. The third-order valence-corrected chi connectivity index (χ3v) is 3.82. The maximum Gasteiger partial charge on any atom is 0.280 e. The minimum Gasteiger partial charge on any atom is -0.412 e. The molecule has 2 heterocycles. The Labute approximate surface area is 131 Å². The van der Waals surface area contributed by atoms with Crippen molar-refractivity contribution in [1.29, 1.82) is 0 Å². The van der Waals surface area contributed by atoms with Gasteiger partial charge in [-0.05, 0) is 12.0 Å². The highest BCUT2D eigenvalue weighted by Gasteiger charge is 2.37. The van der Waals surface area contributed by atoms with Gasteiger partial charge in [0, 0.05) is 5.92 Å². The van der Waals surface area contributed by atoms with E-state index < -0.39 is 11.7 Å². The van der Waals surface area contributed by atoms with E-state index in [1.54, 1.807) is 4.57 Å². The number of halogens is 1. The molecule has 1 aliphatic carbocycles. The molecular formula is C12H18ClN5O4. The van der Waals surface area contributed by atoms with Crippen LogP contribution in [-0.2, 0) is 0 Å². The number of nitrogens with two attached hydrogens (primary N) is 1. The molecule has 0 spiro atoms. The lowest BCUT2D eigenvalue weighted by atomic mass is 10.0. The summed E-state index contributed by atoms with van der Waals surface area (Å²) in [7, 11) is 0. The first-order valence-corrected chi connectivity index (χ1v) is 6.23. The summed E-state index contributed by atoms with van der Waals surface area (Å²) in [5, 5.41) is 19.2. The van der Waals surface area contributed by atoms with Crippen LogP contribution < -0.4 is 11.3 Å². The molecule has 22 heavy (non-hydrogen) atoms. The fourth-order valence-electron chi connectivity index (χ4n) is 2.74. The molecule has 3 rings (SSSR count). The van der Waals surface area contributed by atoms with E-state index in [9.17, 15) is 15.0 Å². The van der Waals surface area contributed by atoms with Gasteiger partial charge in [-0.15, -0.1) is 12.4 Å². The summed E-state index contributed by atoms with van der Waals surface area (Å²) in [6.07, 6.45) is 1.20. The molecule has 2 aromatic rings. The summed E-state index contributed by atoms with van der Waals surface area (Å²) >= 11 is 0. The van der Waals surface area contributed by atoms with Crippen molar-refractivity contribution in [3.63, 3.8) is 0 Å². The lowest BCUT2D eigenvalue weighted by Crippen LogP contribution is -2.17. The molecule has 1 saturated carbocycles. The monoisotopic (exact) mass is 331 g/mol. The molecule has 9 nitrogen and oxygen atoms in total. The van der Waals surface area contributed by atoms with Crippen LogP contribution in [0.5, 0.6) is 0 Å². The number of nitrogens with zero attached hydrogens (tertiary/aromatic N) is 3. The van der Waals surface area contributed by atoms with E-state index in [4.69, 9.17) is 5.73 Å². The zero-order valence-electron chi connectivity index (χ0n) is 11.6. The van der Waals surface area contributed by atoms with Gasteiger partial charge >= 0.3 is 0 Å². The summed E-state index contributed by atoms with van der Waals surface area (Å²) in [6, 6.07) is -0.263. The van der Waals surface area contributed by atoms with Gasteiger partial charge in [0.05, 0.1) is 25.1 Å². The van der Waals surface area contributed by atoms with Crippen molar-refractivity contribution < 1.29 is 15.7 Å². The Morgan fingerprint density at radius 3 is 2.82 bits per heavy atom. The van der Waals surface area contributed by atoms with Crippen LogP contribution in [0.4, 0.5) is 5.95 Å². The van der Waals surface area contributed by atoms with Gasteiger partial charge < -0.3 is 26.0 Å². The van der Waals surface area contributed by atoms with Crippen molar-refractivity contribution in [1.82, 2.24) is 19.5 Å². The Morgan fingerprint density at radius 2 is 2.23 bits per heavy atom. The maximum atomic E-state index is 11.7. The molecule has 0 bridgehead atoms. The predicted octanol–water partition coefficient (Wildman–Crippen LogP) is -1.23. The first-order valence-electron chi connectivity index (χ1n) is 6.23. The lowest BCUT2D eigenvalue weighted by Gasteiger charge is -2.15. The zero-order chi connectivity index (χ0) is 14.4. The van der Waals surface area contributed by atoms with E-state index in [2.05, 4.69) is 21.5 Å². The van der Waals surface area contributed by atoms with Gasteiger partial charge in [-0.3, -0.25) is 9.78 Å². The van der Waals surface area contributed by atoms with Gasteiger partial charge in [0.15, 0.2) is 11.2 Å². The van der Waals surface area contributed by atoms with E-state index in [0.717, 1.165) is 0 Å². The number of nitrogen functional groups attached to an aromatic ring is 1. The van der Waals surface area contributed by atoms with Crippen molar-refractivity contribution in [2.24, 2.45) is 5.92 Å². The van der Waals surface area contributed by atoms with Gasteiger partial charge in [0.25, 0.3) is 5.56 Å². The fourth-order valence-corrected chi connectivity index (χ4v) is 2.74. The third kappa shape index (κ3) is 2.59. The number of H-pyrrole nitrogens is 1. The highest BCUT2D eigenvalue weighted by Crippen LogP contribution is 2.39. The van der Waals surface area contributed by atoms with Crippen LogP contribution in [0.25, 0.3) is 11.2 Å². The lowest BCUT2D eigenvalue weighted by molar-refractivity contribution is 0.101. The number of nitrogens with one attached hydrogen (secondary N) is 1. The van der Waals surface area contributed by atoms with E-state index >= 15 is 0 Å². The van der Waals surface area contributed by atoms with Crippen molar-refractivity contribution >= 4 is 29.5 Å². The predicted molar refractivity (Wildman–Crippen MR) is 82.8 cm³/mol. The topological polar surface area (TPSA) is 162 Å². The molecule has 1 fully saturated rings. The van der Waals surface area contributed by atoms with Gasteiger partial charge in [-0.2, -0.15) is 4.98 Å². The highest BCUT2D eigenvalue weighted by atomic mass is 35.5. The Kier molecular flexibility index (Phi) is 5.30. The first-order chi connectivity index (χ1) is 9.52. The molecule has 0 amide bonds. The van der Waals surface area contributed by atoms with Crippen molar-refractivity contribution in [2.75, 3.05) is 12.3 Å². The normalized spacial score (nSPS) is 24.1. The molecule has 10 heteroatoms. The maximum absolute atomic E-state index is 11.7. The van der Waals surface area contributed by atoms with Crippen LogP contribution in [-0.4, -0.2) is 47.9 Å². The average molecular weight is 332 g/mol. The number of aromatic amines is 1. The Bertz CT molecular complexity index is 743. The fraction of sp³-hybridized carbons (Fsp3) is 0.417. The summed E-state index contributed by atoms with van der Waals surface area (Å²) in [4.78, 5) is 22.2. The van der Waals surface area contributed by atoms with Crippen LogP contribution in [0.2, 0.25) is 0 Å². The molecule has 0 aliphatic heterocycles. The quantitative estimate of drug-likeness (QED) is 0.503. The van der Waals surface area contributed by atoms with Crippen molar-refractivity contribution in [3.05, 3.63) is 28.8 Å². The molecule has 7 N–H and O–H groups in total. The van der Waals surface area contributed by atoms with Gasteiger partial charge in [-0.1, -0.05) is 6.58 Å². The van der Waals surface area contributed by atoms with Gasteiger partial charge in [0.1, 0.15) is 0 Å². The van der Waals surface area contributed by atoms with Crippen molar-refractivity contribution in [2.45, 2.75) is 18.6 Å². The van der Waals surface area contributed by atoms with Crippen LogP contribution in [0.3, 0.4) is 0 Å². The molecule has 0 unspecified atom stereocenters. The number of anilines is 1. The largest absolute Gasteiger partial charge is 0.412 e. The minimum absolute atomic E-state index is 0. The molecule has 1 aliphatic rings. The number of imidazole rings is 1. The Morgan fingerprint density at radius 1 is 1.55 bits per heavy atom. The molecule has 2 aromatic heterocycles. The van der Waals surface area contributed by atoms with Crippen LogP contribution in [0.1, 0.15) is 12.5 Å². The average Bonchev–Trinajstić information content (AvgIpc) is 2.91. The molecule has 0 aromatic carbocycles. The number of hydrogen-bond acceptors (Lipinski definition) is 6. The summed E-state index contributed by atoms with van der Waals surface area (Å²) < 4.78 is 1.67. The number of fused-ring (bicyclic) bond motifs is 1. The van der Waals surface area contributed by atoms with Gasteiger partial charge in [-0.25, -0.2) is 4.98 Å². The number of aliphatic hydroxyl groups excluding tert-OH is 2. The number of aliphatic hydroxyl groups is 2. The summed E-state index contributed by atoms with van der Waals surface area (Å²) in [5.41, 5.74) is 6.37. The Balaban J connectivity index is 0.00000121. The summed E-state index contributed by atoms with van der Waals surface area (Å²) in [5.74, 6) is -0.371. The second-order valence-corrected chi connectivity index (χ2v) is 4.96. The van der Waals surface area contributed by atoms with Crippen LogP contribution >= 0.6 is 12.4 Å². The van der Waals surface area contributed by atoms with E-state index in [1.165, 1.54) is 6.33 Å². The molecule has 122 valence electrons. The summed E-state index contributed by atoms with van der Waals surface area (Å²) in [6.45, 7) is 3.76. The molecule has 0 radical (unpaired) electrons. The minimum atomic E-state index is -0.672. The molecule has 0 saturated heterocycles. The standard InChI is InChI=1S/C12H15N5O3.ClH.H2O/c1-5-6(3-18)8(19)2-7(5)17-4-14-9-10(17)15-12(13)16-11(9)20;;/h4,6-8,18-19H,1-3H2,(H3,13,15,16,20);1H;1H2/t6-,7-,8-;;/m0../s1. The van der Waals surface area contributed by atoms with E-state index in [0.29, 0.717) is 17.6 Å². The second kappa shape index (κ2) is 6.44. The van der Waals surface area contributed by atoms with Crippen molar-refractivity contribution in [3.8, 4) is 0 Å². The second-order valence-electron chi connectivity index (χ2n) is 4.96. The number of aromatic nitrogens is 4. The highest BCUT2D eigenvalue weighted by molar-refractivity contribution is 5.85. The first kappa shape index (κ1) is 18.1. The molecule has 3 atom stereocenters. The van der Waals surface area contributed by atoms with E-state index in [1.807, 2.05) is 0 Å². The number of hydrogen-bond donors (Lipinski definition) is 4. The zero-order valence-corrected chi connectivity index (χ0v) is 12.4. The molecular weight excluding hydrogens is 314 g/mol. The smallest absolute Gasteiger partial charge is 0.280 e. The SMILES string of the molecule is C=C1[C@H](CO)[C@@H](O)C[C@@H]1n1cnc2c(=O)[nH]c(N)nc21.Cl.O. The van der Waals surface area contributed by atoms with E-state index in [-0.39, 0.29) is 47.9 Å². The van der Waals surface area contributed by atoms with Gasteiger partial charge in [0.2, 0.25) is 5.95 Å². The third-order valence-electron chi connectivity index (χ3n) is 3.82. The Hall–Kier alpha value is -1.94. The van der Waals surface area contributed by atoms with Crippen LogP contribution in [0, 0.1) is 5.92 Å². The van der Waals surface area contributed by atoms with Crippen LogP contribution in [0.15, 0.2) is 23.3 Å².